The molecule has 0 spiro atoms. The van der Waals surface area contributed by atoms with Gasteiger partial charge in [0, 0.05) is 0 Å². The predicted octanol–water partition coefficient (Wildman–Crippen LogP) is 1.26. The van der Waals surface area contributed by atoms with Crippen molar-refractivity contribution in [2.75, 3.05) is 6.54 Å². The first-order chi connectivity index (χ1) is 6.92. The van der Waals surface area contributed by atoms with Crippen molar-refractivity contribution in [3.05, 3.63) is 35.0 Å². The number of hydrogen-bond donors (Lipinski definition) is 0. The highest BCUT2D eigenvalue weighted by molar-refractivity contribution is 5.07. The largest absolute Gasteiger partial charge is 0.415 e. The second kappa shape index (κ2) is 3.05. The van der Waals surface area contributed by atoms with Crippen molar-refractivity contribution in [1.29, 1.82) is 0 Å². The summed E-state index contributed by atoms with van der Waals surface area (Å²) < 4.78 is 38.0. The van der Waals surface area contributed by atoms with Crippen molar-refractivity contribution in [2.45, 2.75) is 18.6 Å². The fourth-order valence-corrected chi connectivity index (χ4v) is 1.39. The lowest BCUT2D eigenvalue weighted by molar-refractivity contribution is -0.178. The highest BCUT2D eigenvalue weighted by Crippen LogP contribution is 2.33. The number of nitrogens with zero attached hydrogens (tertiary/aromatic N) is 2. The molecule has 0 amide bonds. The van der Waals surface area contributed by atoms with Crippen LogP contribution in [0.5, 0.6) is 0 Å². The molecule has 0 bridgehead atoms. The molecular weight excluding hydrogens is 205 g/mol. The Labute approximate surface area is 84.2 Å². The van der Waals surface area contributed by atoms with E-state index in [9.17, 15) is 13.2 Å². The Bertz CT molecular complexity index is 492. The van der Waals surface area contributed by atoms with E-state index >= 15 is 0 Å². The molecule has 0 saturated heterocycles. The Balaban J connectivity index is 2.60. The number of fused-ring (bicyclic) bond motifs is 1. The van der Waals surface area contributed by atoms with Crippen LogP contribution in [0, 0.1) is 0 Å². The molecule has 0 aromatic heterocycles. The zero-order valence-electron chi connectivity index (χ0n) is 8.04. The molecule has 1 aromatic carbocycles. The zero-order chi connectivity index (χ0) is 11.1. The number of halogens is 3. The molecule has 1 aliphatic rings. The van der Waals surface area contributed by atoms with Crippen LogP contribution >= 0.6 is 0 Å². The van der Waals surface area contributed by atoms with E-state index < -0.39 is 11.7 Å². The molecule has 80 valence electrons. The molecule has 1 aliphatic heterocycles. The van der Waals surface area contributed by atoms with Gasteiger partial charge in [-0.2, -0.15) is 13.2 Å². The van der Waals surface area contributed by atoms with E-state index in [1.54, 1.807) is 24.3 Å². The van der Waals surface area contributed by atoms with Crippen molar-refractivity contribution in [3.63, 3.8) is 0 Å². The van der Waals surface area contributed by atoms with Gasteiger partial charge in [-0.1, -0.05) is 12.1 Å². The van der Waals surface area contributed by atoms with Gasteiger partial charge in [0.1, 0.15) is 0 Å². The minimum atomic E-state index is -4.36. The summed E-state index contributed by atoms with van der Waals surface area (Å²) in [4.78, 5) is 7.63. The average molecular weight is 214 g/mol. The lowest BCUT2D eigenvalue weighted by atomic mass is 10.0. The van der Waals surface area contributed by atoms with Crippen LogP contribution in [0.25, 0.3) is 0 Å². The Morgan fingerprint density at radius 3 is 2.40 bits per heavy atom. The summed E-state index contributed by atoms with van der Waals surface area (Å²) >= 11 is 0. The molecule has 0 fully saturated rings. The van der Waals surface area contributed by atoms with E-state index in [1.165, 1.54) is 0 Å². The van der Waals surface area contributed by atoms with Gasteiger partial charge < -0.3 is 0 Å². The van der Waals surface area contributed by atoms with Gasteiger partial charge in [-0.3, -0.25) is 9.98 Å². The van der Waals surface area contributed by atoms with E-state index in [2.05, 4.69) is 9.98 Å². The zero-order valence-corrected chi connectivity index (χ0v) is 8.04. The molecule has 0 aliphatic carbocycles. The fourth-order valence-electron chi connectivity index (χ4n) is 1.39. The number of alkyl halides is 3. The minimum Gasteiger partial charge on any atom is -0.280 e. The molecule has 1 atom stereocenters. The second-order valence-corrected chi connectivity index (χ2v) is 3.69. The molecular formula is C10H9F3N2. The lowest BCUT2D eigenvalue weighted by Crippen LogP contribution is -2.49. The Kier molecular flexibility index (Phi) is 2.06. The Morgan fingerprint density at radius 2 is 1.80 bits per heavy atom. The predicted molar refractivity (Wildman–Crippen MR) is 48.1 cm³/mol. The molecule has 5 heteroatoms. The SMILES string of the molecule is CC1(C(F)(F)F)CN=c2ccccc2=N1. The van der Waals surface area contributed by atoms with Crippen molar-refractivity contribution < 1.29 is 13.2 Å². The maximum atomic E-state index is 12.7. The van der Waals surface area contributed by atoms with Gasteiger partial charge in [0.25, 0.3) is 0 Å². The van der Waals surface area contributed by atoms with Crippen LogP contribution in [0.1, 0.15) is 6.92 Å². The third kappa shape index (κ3) is 1.62. The fraction of sp³-hybridized carbons (Fsp3) is 0.400. The Hall–Kier alpha value is -1.39. The summed E-state index contributed by atoms with van der Waals surface area (Å²) in [6.07, 6.45) is -4.36. The molecule has 0 N–H and O–H groups in total. The standard InChI is InChI=1S/C10H9F3N2/c1-9(10(11,12)13)6-14-7-4-2-3-5-8(7)15-9/h2-5H,6H2,1H3. The van der Waals surface area contributed by atoms with Crippen LogP contribution in [-0.4, -0.2) is 18.3 Å². The summed E-state index contributed by atoms with van der Waals surface area (Å²) in [7, 11) is 0. The summed E-state index contributed by atoms with van der Waals surface area (Å²) in [5, 5.41) is 0.836. The monoisotopic (exact) mass is 214 g/mol. The van der Waals surface area contributed by atoms with E-state index in [1.807, 2.05) is 0 Å². The molecule has 1 unspecified atom stereocenters. The van der Waals surface area contributed by atoms with Crippen LogP contribution in [0.3, 0.4) is 0 Å². The Morgan fingerprint density at radius 1 is 1.20 bits per heavy atom. The molecule has 1 aromatic rings. The van der Waals surface area contributed by atoms with Crippen molar-refractivity contribution in [3.8, 4) is 0 Å². The third-order valence-electron chi connectivity index (χ3n) is 2.42. The summed E-state index contributed by atoms with van der Waals surface area (Å²) in [6, 6.07) is 6.59. The first-order valence-corrected chi connectivity index (χ1v) is 4.48. The van der Waals surface area contributed by atoms with Gasteiger partial charge in [-0.25, -0.2) is 0 Å². The van der Waals surface area contributed by atoms with Gasteiger partial charge in [0.15, 0.2) is 5.54 Å². The summed E-state index contributed by atoms with van der Waals surface area (Å²) in [5.74, 6) is 0. The first-order valence-electron chi connectivity index (χ1n) is 4.48. The second-order valence-electron chi connectivity index (χ2n) is 3.69. The third-order valence-corrected chi connectivity index (χ3v) is 2.42. The number of rotatable bonds is 0. The van der Waals surface area contributed by atoms with E-state index in [4.69, 9.17) is 0 Å². The van der Waals surface area contributed by atoms with Crippen molar-refractivity contribution >= 4 is 0 Å². The van der Waals surface area contributed by atoms with Gasteiger partial charge in [-0.15, -0.1) is 0 Å². The van der Waals surface area contributed by atoms with Gasteiger partial charge in [0.2, 0.25) is 0 Å². The highest BCUT2D eigenvalue weighted by Gasteiger charge is 2.51. The van der Waals surface area contributed by atoms with Crippen molar-refractivity contribution in [2.24, 2.45) is 9.98 Å². The van der Waals surface area contributed by atoms with Crippen LogP contribution in [-0.2, 0) is 0 Å². The van der Waals surface area contributed by atoms with Gasteiger partial charge in [0.05, 0.1) is 17.3 Å². The van der Waals surface area contributed by atoms with Crippen LogP contribution in [0.4, 0.5) is 13.2 Å². The highest BCUT2D eigenvalue weighted by atomic mass is 19.4. The van der Waals surface area contributed by atoms with Gasteiger partial charge >= 0.3 is 6.18 Å². The molecule has 0 saturated carbocycles. The first kappa shape index (κ1) is 10.1. The number of hydrogen-bond acceptors (Lipinski definition) is 2. The maximum absolute atomic E-state index is 12.7. The summed E-state index contributed by atoms with van der Waals surface area (Å²) in [5.41, 5.74) is -2.08. The maximum Gasteiger partial charge on any atom is 0.415 e. The molecule has 15 heavy (non-hydrogen) atoms. The molecule has 1 heterocycles. The van der Waals surface area contributed by atoms with Crippen LogP contribution in [0.2, 0.25) is 0 Å². The average Bonchev–Trinajstić information content (AvgIpc) is 2.16. The molecule has 0 radical (unpaired) electrons. The topological polar surface area (TPSA) is 24.7 Å². The quantitative estimate of drug-likeness (QED) is 0.621. The lowest BCUT2D eigenvalue weighted by Gasteiger charge is -2.27. The van der Waals surface area contributed by atoms with E-state index in [0.29, 0.717) is 10.7 Å². The van der Waals surface area contributed by atoms with Crippen LogP contribution in [0.15, 0.2) is 34.3 Å². The van der Waals surface area contributed by atoms with Gasteiger partial charge in [-0.05, 0) is 19.1 Å². The summed E-state index contributed by atoms with van der Waals surface area (Å²) in [6.45, 7) is 0.722. The van der Waals surface area contributed by atoms with E-state index in [0.717, 1.165) is 6.92 Å². The normalized spacial score (nSPS) is 25.1. The minimum absolute atomic E-state index is 0.309. The van der Waals surface area contributed by atoms with E-state index in [-0.39, 0.29) is 6.54 Å². The van der Waals surface area contributed by atoms with Crippen molar-refractivity contribution in [1.82, 2.24) is 0 Å². The molecule has 2 rings (SSSR count). The van der Waals surface area contributed by atoms with Crippen LogP contribution < -0.4 is 10.7 Å². The smallest absolute Gasteiger partial charge is 0.280 e. The molecule has 2 nitrogen and oxygen atoms in total. The number of para-hydroxylation sites is 2. The number of benzene rings is 1.